The van der Waals surface area contributed by atoms with Gasteiger partial charge in [0.2, 0.25) is 0 Å². The molecule has 0 spiro atoms. The first-order chi connectivity index (χ1) is 13.9. The van der Waals surface area contributed by atoms with Gasteiger partial charge < -0.3 is 0 Å². The number of fused-ring (bicyclic) bond motifs is 1. The number of aryl methyl sites for hydroxylation is 2. The van der Waals surface area contributed by atoms with Gasteiger partial charge in [-0.1, -0.05) is 18.2 Å². The van der Waals surface area contributed by atoms with Crippen molar-refractivity contribution < 1.29 is 13.2 Å². The molecule has 0 saturated heterocycles. The van der Waals surface area contributed by atoms with E-state index < -0.39 is 9.84 Å². The quantitative estimate of drug-likeness (QED) is 0.521. The average Bonchev–Trinajstić information content (AvgIpc) is 3.40. The Bertz CT molecular complexity index is 1150. The molecule has 2 heterocycles. The van der Waals surface area contributed by atoms with E-state index in [1.807, 2.05) is 11.4 Å². The third-order valence-electron chi connectivity index (χ3n) is 4.82. The van der Waals surface area contributed by atoms with Crippen LogP contribution in [0.1, 0.15) is 26.5 Å². The summed E-state index contributed by atoms with van der Waals surface area (Å²) in [4.78, 5) is 21.7. The second-order valence-corrected chi connectivity index (χ2v) is 10.9. The summed E-state index contributed by atoms with van der Waals surface area (Å²) in [5.41, 5.74) is 2.81. The predicted octanol–water partition coefficient (Wildman–Crippen LogP) is 4.60. The van der Waals surface area contributed by atoms with Gasteiger partial charge in [-0.15, -0.1) is 29.3 Å². The molecule has 4 rings (SSSR count). The number of nitrogens with zero attached hydrogens (tertiary/aromatic N) is 2. The van der Waals surface area contributed by atoms with Crippen LogP contribution in [-0.2, 0) is 22.7 Å². The molecule has 1 aromatic carbocycles. The third-order valence-corrected chi connectivity index (χ3v) is 8.03. The van der Waals surface area contributed by atoms with Gasteiger partial charge in [0.05, 0.1) is 15.5 Å². The molecule has 0 aliphatic heterocycles. The van der Waals surface area contributed by atoms with Gasteiger partial charge >= 0.3 is 0 Å². The standard InChI is InChI=1S/C21H20N2O3S3/c1-3-11-23(20(24)19-12-15-5-4-6-18(15)28-19)21-22-17(13-27-21)14-7-9-16(10-8-14)29(2,25)26/h3,7-10,12-13H,1,4-6,11H2,2H3. The fraction of sp³-hybridized carbons (Fsp3) is 0.238. The second-order valence-electron chi connectivity index (χ2n) is 6.93. The molecule has 1 aliphatic carbocycles. The molecule has 0 bridgehead atoms. The average molecular weight is 445 g/mol. The van der Waals surface area contributed by atoms with Crippen LogP contribution in [0.15, 0.2) is 53.3 Å². The summed E-state index contributed by atoms with van der Waals surface area (Å²) in [5, 5.41) is 2.48. The molecule has 0 saturated carbocycles. The molecule has 0 fully saturated rings. The fourth-order valence-corrected chi connectivity index (χ4v) is 6.01. The minimum atomic E-state index is -3.24. The zero-order valence-electron chi connectivity index (χ0n) is 15.9. The summed E-state index contributed by atoms with van der Waals surface area (Å²) in [7, 11) is -3.24. The minimum absolute atomic E-state index is 0.0578. The summed E-state index contributed by atoms with van der Waals surface area (Å²) >= 11 is 2.97. The number of amides is 1. The Labute approximate surface area is 178 Å². The molecule has 3 aromatic rings. The van der Waals surface area contributed by atoms with E-state index >= 15 is 0 Å². The molecule has 8 heteroatoms. The minimum Gasteiger partial charge on any atom is -0.279 e. The van der Waals surface area contributed by atoms with E-state index in [-0.39, 0.29) is 10.8 Å². The molecule has 5 nitrogen and oxygen atoms in total. The third kappa shape index (κ3) is 4.05. The molecular formula is C21H20N2O3S3. The number of aromatic nitrogens is 1. The second kappa shape index (κ2) is 7.85. The van der Waals surface area contributed by atoms with Gasteiger partial charge in [-0.3, -0.25) is 9.69 Å². The van der Waals surface area contributed by atoms with E-state index in [1.165, 1.54) is 34.5 Å². The van der Waals surface area contributed by atoms with Crippen LogP contribution in [0.2, 0.25) is 0 Å². The highest BCUT2D eigenvalue weighted by Gasteiger charge is 2.24. The Balaban J connectivity index is 1.61. The summed E-state index contributed by atoms with van der Waals surface area (Å²) in [6.07, 6.45) is 6.15. The predicted molar refractivity (Wildman–Crippen MR) is 119 cm³/mol. The van der Waals surface area contributed by atoms with Crippen molar-refractivity contribution in [3.8, 4) is 11.3 Å². The van der Waals surface area contributed by atoms with Crippen molar-refractivity contribution >= 4 is 43.5 Å². The number of sulfone groups is 1. The van der Waals surface area contributed by atoms with Crippen molar-refractivity contribution in [1.29, 1.82) is 0 Å². The molecule has 0 atom stereocenters. The van der Waals surface area contributed by atoms with Gasteiger partial charge in [0.15, 0.2) is 15.0 Å². The van der Waals surface area contributed by atoms with E-state index in [1.54, 1.807) is 46.6 Å². The molecule has 29 heavy (non-hydrogen) atoms. The van der Waals surface area contributed by atoms with Crippen molar-refractivity contribution in [2.24, 2.45) is 0 Å². The molecule has 1 amide bonds. The summed E-state index contributed by atoms with van der Waals surface area (Å²) in [5.74, 6) is -0.0578. The number of rotatable bonds is 6. The molecule has 0 N–H and O–H groups in total. The molecule has 1 aliphatic rings. The fourth-order valence-electron chi connectivity index (χ4n) is 3.34. The number of hydrogen-bond donors (Lipinski definition) is 0. The number of anilines is 1. The van der Waals surface area contributed by atoms with E-state index in [9.17, 15) is 13.2 Å². The highest BCUT2D eigenvalue weighted by molar-refractivity contribution is 7.90. The SMILES string of the molecule is C=CCN(C(=O)c1cc2c(s1)CCC2)c1nc(-c2ccc(S(C)(=O)=O)cc2)cs1. The lowest BCUT2D eigenvalue weighted by Crippen LogP contribution is -2.30. The van der Waals surface area contributed by atoms with Gasteiger partial charge in [0.1, 0.15) is 0 Å². The van der Waals surface area contributed by atoms with Gasteiger partial charge in [0.25, 0.3) is 5.91 Å². The maximum absolute atomic E-state index is 13.1. The van der Waals surface area contributed by atoms with Crippen LogP contribution in [0.4, 0.5) is 5.13 Å². The Morgan fingerprint density at radius 3 is 2.69 bits per heavy atom. The highest BCUT2D eigenvalue weighted by atomic mass is 32.2. The Hall–Kier alpha value is -2.29. The van der Waals surface area contributed by atoms with Crippen molar-refractivity contribution in [3.05, 3.63) is 63.7 Å². The van der Waals surface area contributed by atoms with Gasteiger partial charge in [-0.2, -0.15) is 0 Å². The largest absolute Gasteiger partial charge is 0.279 e. The lowest BCUT2D eigenvalue weighted by molar-refractivity contribution is 0.0993. The van der Waals surface area contributed by atoms with Crippen LogP contribution in [0.3, 0.4) is 0 Å². The van der Waals surface area contributed by atoms with E-state index in [0.717, 1.165) is 23.3 Å². The topological polar surface area (TPSA) is 67.3 Å². The van der Waals surface area contributed by atoms with Crippen LogP contribution in [0, 0.1) is 0 Å². The maximum atomic E-state index is 13.1. The van der Waals surface area contributed by atoms with Crippen molar-refractivity contribution in [2.45, 2.75) is 24.2 Å². The van der Waals surface area contributed by atoms with Crippen LogP contribution in [-0.4, -0.2) is 32.1 Å². The number of carbonyl (C=O) groups excluding carboxylic acids is 1. The highest BCUT2D eigenvalue weighted by Crippen LogP contribution is 2.34. The lowest BCUT2D eigenvalue weighted by atomic mass is 10.2. The molecule has 0 radical (unpaired) electrons. The van der Waals surface area contributed by atoms with Gasteiger partial charge in [-0.05, 0) is 43.0 Å². The molecule has 0 unspecified atom stereocenters. The molecule has 2 aromatic heterocycles. The first-order valence-electron chi connectivity index (χ1n) is 9.17. The summed E-state index contributed by atoms with van der Waals surface area (Å²) < 4.78 is 23.3. The number of thiazole rings is 1. The first-order valence-corrected chi connectivity index (χ1v) is 12.8. The van der Waals surface area contributed by atoms with E-state index in [2.05, 4.69) is 11.6 Å². The van der Waals surface area contributed by atoms with Crippen LogP contribution < -0.4 is 4.90 Å². The molecular weight excluding hydrogens is 424 g/mol. The zero-order valence-corrected chi connectivity index (χ0v) is 18.4. The Kier molecular flexibility index (Phi) is 5.42. The van der Waals surface area contributed by atoms with Crippen LogP contribution >= 0.6 is 22.7 Å². The lowest BCUT2D eigenvalue weighted by Gasteiger charge is -2.17. The molecule has 150 valence electrons. The smallest absolute Gasteiger partial charge is 0.270 e. The number of carbonyl (C=O) groups is 1. The number of thiophene rings is 1. The van der Waals surface area contributed by atoms with E-state index in [0.29, 0.717) is 17.4 Å². The van der Waals surface area contributed by atoms with Crippen LogP contribution in [0.5, 0.6) is 0 Å². The van der Waals surface area contributed by atoms with E-state index in [4.69, 9.17) is 0 Å². The maximum Gasteiger partial charge on any atom is 0.270 e. The van der Waals surface area contributed by atoms with Gasteiger partial charge in [-0.25, -0.2) is 13.4 Å². The van der Waals surface area contributed by atoms with Gasteiger partial charge in [0, 0.05) is 28.6 Å². The number of benzene rings is 1. The summed E-state index contributed by atoms with van der Waals surface area (Å²) in [6, 6.07) is 8.63. The van der Waals surface area contributed by atoms with Crippen molar-refractivity contribution in [1.82, 2.24) is 4.98 Å². The normalized spacial score (nSPS) is 13.3. The zero-order chi connectivity index (χ0) is 20.6. The van der Waals surface area contributed by atoms with Crippen molar-refractivity contribution in [2.75, 3.05) is 17.7 Å². The Morgan fingerprint density at radius 2 is 2.03 bits per heavy atom. The summed E-state index contributed by atoms with van der Waals surface area (Å²) in [6.45, 7) is 4.16. The number of hydrogen-bond acceptors (Lipinski definition) is 6. The van der Waals surface area contributed by atoms with Crippen LogP contribution in [0.25, 0.3) is 11.3 Å². The van der Waals surface area contributed by atoms with Crippen molar-refractivity contribution in [3.63, 3.8) is 0 Å². The monoisotopic (exact) mass is 444 g/mol. The first kappa shape index (κ1) is 20.0. The Morgan fingerprint density at radius 1 is 1.28 bits per heavy atom.